The maximum Gasteiger partial charge on any atom is 0.235 e. The molecule has 94 valence electrons. The molecule has 2 rings (SSSR count). The Kier molecular flexibility index (Phi) is 5.15. The van der Waals surface area contributed by atoms with Gasteiger partial charge in [-0.05, 0) is 30.7 Å². The summed E-state index contributed by atoms with van der Waals surface area (Å²) in [5.41, 5.74) is 0. The standard InChI is InChI=1S/C16H19OS/c1-2-3-14-18(16-12-8-5-9-13-16)17-15-10-6-4-7-11-15/h4-13H,2-3,14H2,1H3/q+1. The van der Waals surface area contributed by atoms with Gasteiger partial charge in [-0.15, -0.1) is 0 Å². The van der Waals surface area contributed by atoms with E-state index in [-0.39, 0.29) is 11.2 Å². The quantitative estimate of drug-likeness (QED) is 0.696. The molecule has 0 fully saturated rings. The van der Waals surface area contributed by atoms with Crippen LogP contribution in [0.25, 0.3) is 0 Å². The highest BCUT2D eigenvalue weighted by atomic mass is 32.2. The maximum absolute atomic E-state index is 6.13. The van der Waals surface area contributed by atoms with Gasteiger partial charge in [-0.1, -0.05) is 49.7 Å². The van der Waals surface area contributed by atoms with E-state index in [1.807, 2.05) is 36.4 Å². The average molecular weight is 259 g/mol. The summed E-state index contributed by atoms with van der Waals surface area (Å²) in [5.74, 6) is 2.05. The molecule has 2 heteroatoms. The van der Waals surface area contributed by atoms with Gasteiger partial charge in [-0.2, -0.15) is 0 Å². The van der Waals surface area contributed by atoms with Crippen molar-refractivity contribution in [3.8, 4) is 5.75 Å². The van der Waals surface area contributed by atoms with Crippen LogP contribution in [-0.2, 0) is 11.2 Å². The first kappa shape index (κ1) is 13.0. The van der Waals surface area contributed by atoms with E-state index >= 15 is 0 Å². The Bertz CT molecular complexity index is 441. The zero-order valence-electron chi connectivity index (χ0n) is 10.7. The van der Waals surface area contributed by atoms with Gasteiger partial charge in [0, 0.05) is 0 Å². The molecule has 0 aliphatic rings. The van der Waals surface area contributed by atoms with Gasteiger partial charge in [0.1, 0.15) is 0 Å². The molecule has 1 nitrogen and oxygen atoms in total. The fraction of sp³-hybridized carbons (Fsp3) is 0.250. The second-order valence-electron chi connectivity index (χ2n) is 4.11. The average Bonchev–Trinajstić information content (AvgIpc) is 2.45. The normalized spacial score (nSPS) is 12.1. The van der Waals surface area contributed by atoms with E-state index in [1.54, 1.807) is 0 Å². The molecule has 2 aromatic carbocycles. The molecule has 0 saturated heterocycles. The van der Waals surface area contributed by atoms with E-state index in [1.165, 1.54) is 17.7 Å². The minimum absolute atomic E-state index is 0.139. The Balaban J connectivity index is 2.10. The number of benzene rings is 2. The molecule has 0 radical (unpaired) electrons. The van der Waals surface area contributed by atoms with Gasteiger partial charge >= 0.3 is 0 Å². The van der Waals surface area contributed by atoms with Crippen molar-refractivity contribution in [3.63, 3.8) is 0 Å². The van der Waals surface area contributed by atoms with E-state index in [2.05, 4.69) is 31.2 Å². The van der Waals surface area contributed by atoms with Gasteiger partial charge in [-0.3, -0.25) is 4.18 Å². The Hall–Kier alpha value is -1.41. The van der Waals surface area contributed by atoms with E-state index in [0.29, 0.717) is 0 Å². The summed E-state index contributed by atoms with van der Waals surface area (Å²) in [6.45, 7) is 2.22. The molecule has 1 unspecified atom stereocenters. The molecule has 1 atom stereocenters. The molecule has 0 saturated carbocycles. The summed E-state index contributed by atoms with van der Waals surface area (Å²) >= 11 is -0.139. The third-order valence-corrected chi connectivity index (χ3v) is 4.48. The Morgan fingerprint density at radius 3 is 2.11 bits per heavy atom. The Labute approximate surface area is 112 Å². The van der Waals surface area contributed by atoms with Gasteiger partial charge in [-0.25, -0.2) is 0 Å². The van der Waals surface area contributed by atoms with Gasteiger partial charge in [0.2, 0.25) is 16.1 Å². The fourth-order valence-electron chi connectivity index (χ4n) is 1.65. The minimum atomic E-state index is -0.139. The molecule has 0 spiro atoms. The topological polar surface area (TPSA) is 9.23 Å². The summed E-state index contributed by atoms with van der Waals surface area (Å²) in [6.07, 6.45) is 2.40. The zero-order valence-corrected chi connectivity index (χ0v) is 11.5. The van der Waals surface area contributed by atoms with E-state index in [0.717, 1.165) is 11.5 Å². The summed E-state index contributed by atoms with van der Waals surface area (Å²) in [4.78, 5) is 1.29. The van der Waals surface area contributed by atoms with Crippen LogP contribution in [-0.4, -0.2) is 5.75 Å². The lowest BCUT2D eigenvalue weighted by Crippen LogP contribution is -2.15. The fourth-order valence-corrected chi connectivity index (χ4v) is 3.42. The smallest absolute Gasteiger partial charge is 0.235 e. The lowest BCUT2D eigenvalue weighted by atomic mass is 10.3. The Morgan fingerprint density at radius 2 is 1.50 bits per heavy atom. The van der Waals surface area contributed by atoms with Crippen molar-refractivity contribution in [1.82, 2.24) is 0 Å². The summed E-state index contributed by atoms with van der Waals surface area (Å²) in [6, 6.07) is 20.6. The number of hydrogen-bond donors (Lipinski definition) is 0. The number of hydrogen-bond acceptors (Lipinski definition) is 1. The first-order chi connectivity index (χ1) is 8.90. The monoisotopic (exact) mass is 259 g/mol. The number of rotatable bonds is 6. The molecule has 2 aromatic rings. The number of unbranched alkanes of at least 4 members (excludes halogenated alkanes) is 1. The summed E-state index contributed by atoms with van der Waals surface area (Å²) in [5, 5.41) is 0. The summed E-state index contributed by atoms with van der Waals surface area (Å²) in [7, 11) is 0. The molecule has 0 heterocycles. The van der Waals surface area contributed by atoms with Gasteiger partial charge in [0.25, 0.3) is 0 Å². The molecular formula is C16H19OS+. The van der Waals surface area contributed by atoms with Crippen molar-refractivity contribution in [2.45, 2.75) is 24.7 Å². The van der Waals surface area contributed by atoms with Crippen LogP contribution in [0.5, 0.6) is 5.75 Å². The van der Waals surface area contributed by atoms with Crippen molar-refractivity contribution in [1.29, 1.82) is 0 Å². The Morgan fingerprint density at radius 1 is 0.889 bits per heavy atom. The lowest BCUT2D eigenvalue weighted by Gasteiger charge is -2.07. The molecule has 0 amide bonds. The molecule has 0 aliphatic carbocycles. The van der Waals surface area contributed by atoms with Crippen molar-refractivity contribution in [3.05, 3.63) is 60.7 Å². The van der Waals surface area contributed by atoms with Gasteiger partial charge in [0.15, 0.2) is 11.5 Å². The van der Waals surface area contributed by atoms with Crippen LogP contribution in [0.2, 0.25) is 0 Å². The van der Waals surface area contributed by atoms with Crippen LogP contribution in [0.3, 0.4) is 0 Å². The van der Waals surface area contributed by atoms with E-state index in [9.17, 15) is 0 Å². The summed E-state index contributed by atoms with van der Waals surface area (Å²) < 4.78 is 6.13. The van der Waals surface area contributed by atoms with Crippen LogP contribution in [0.4, 0.5) is 0 Å². The first-order valence-electron chi connectivity index (χ1n) is 6.39. The molecular weight excluding hydrogens is 240 g/mol. The van der Waals surface area contributed by atoms with Crippen molar-refractivity contribution >= 4 is 11.2 Å². The molecule has 0 aliphatic heterocycles. The largest absolute Gasteiger partial charge is 0.280 e. The molecule has 0 bridgehead atoms. The highest BCUT2D eigenvalue weighted by Gasteiger charge is 2.24. The van der Waals surface area contributed by atoms with Crippen molar-refractivity contribution in [2.75, 3.05) is 5.75 Å². The SMILES string of the molecule is CCCC[S+](Oc1ccccc1)c1ccccc1. The second-order valence-corrected chi connectivity index (χ2v) is 5.85. The molecule has 0 N–H and O–H groups in total. The third-order valence-electron chi connectivity index (χ3n) is 2.63. The van der Waals surface area contributed by atoms with Crippen LogP contribution in [0.15, 0.2) is 65.6 Å². The second kappa shape index (κ2) is 7.12. The maximum atomic E-state index is 6.13. The van der Waals surface area contributed by atoms with Crippen molar-refractivity contribution < 1.29 is 4.18 Å². The zero-order chi connectivity index (χ0) is 12.6. The predicted octanol–water partition coefficient (Wildman–Crippen LogP) is 4.46. The van der Waals surface area contributed by atoms with Gasteiger partial charge < -0.3 is 0 Å². The van der Waals surface area contributed by atoms with Crippen LogP contribution in [0.1, 0.15) is 19.8 Å². The van der Waals surface area contributed by atoms with Gasteiger partial charge in [0.05, 0.1) is 0 Å². The van der Waals surface area contributed by atoms with Crippen LogP contribution < -0.4 is 4.18 Å². The van der Waals surface area contributed by atoms with Crippen LogP contribution in [0, 0.1) is 0 Å². The van der Waals surface area contributed by atoms with Crippen LogP contribution >= 0.6 is 0 Å². The third kappa shape index (κ3) is 3.81. The van der Waals surface area contributed by atoms with E-state index in [4.69, 9.17) is 4.18 Å². The van der Waals surface area contributed by atoms with Crippen molar-refractivity contribution in [2.24, 2.45) is 0 Å². The lowest BCUT2D eigenvalue weighted by molar-refractivity contribution is 0.621. The molecule has 18 heavy (non-hydrogen) atoms. The predicted molar refractivity (Wildman–Crippen MR) is 78.9 cm³/mol. The van der Waals surface area contributed by atoms with E-state index < -0.39 is 0 Å². The number of para-hydroxylation sites is 1. The minimum Gasteiger partial charge on any atom is -0.280 e. The molecule has 0 aromatic heterocycles. The highest BCUT2D eigenvalue weighted by molar-refractivity contribution is 7.92. The highest BCUT2D eigenvalue weighted by Crippen LogP contribution is 2.21. The first-order valence-corrected chi connectivity index (χ1v) is 7.71.